The van der Waals surface area contributed by atoms with Crippen LogP contribution in [-0.4, -0.2) is 34.8 Å². The molecular formula is C13H20N4O2. The molecule has 0 atom stereocenters. The van der Waals surface area contributed by atoms with E-state index in [1.54, 1.807) is 6.20 Å². The average molecular weight is 264 g/mol. The number of carbonyl (C=O) groups is 1. The smallest absolute Gasteiger partial charge is 0.405 e. The minimum absolute atomic E-state index is 0.392. The van der Waals surface area contributed by atoms with Gasteiger partial charge in [-0.05, 0) is 38.3 Å². The Morgan fingerprint density at radius 2 is 2.26 bits per heavy atom. The van der Waals surface area contributed by atoms with Crippen LogP contribution in [0.1, 0.15) is 20.3 Å². The molecule has 0 spiro atoms. The number of hydrogen-bond donors (Lipinski definition) is 3. The van der Waals surface area contributed by atoms with E-state index in [2.05, 4.69) is 15.2 Å². The minimum atomic E-state index is -0.971. The molecule has 0 saturated carbocycles. The number of anilines is 2. The maximum Gasteiger partial charge on any atom is 0.405 e. The van der Waals surface area contributed by atoms with Crippen molar-refractivity contribution in [2.45, 2.75) is 25.8 Å². The molecule has 104 valence electrons. The number of carboxylic acid groups (broad SMARTS) is 1. The number of hydrogen-bond acceptors (Lipinski definition) is 4. The molecule has 0 aromatic carbocycles. The third kappa shape index (κ3) is 3.49. The standard InChI is InChI=1S/C13H20N4O2/c1-13(2,16-12(18)19)5-9-7-17(8-9)11-4-3-10(14)6-15-11/h3-4,6,9,16H,5,7-8,14H2,1-2H3,(H,18,19). The van der Waals surface area contributed by atoms with Gasteiger partial charge in [0.05, 0.1) is 11.9 Å². The molecule has 6 heteroatoms. The molecule has 0 radical (unpaired) electrons. The Morgan fingerprint density at radius 1 is 1.58 bits per heavy atom. The third-order valence-electron chi connectivity index (χ3n) is 3.30. The van der Waals surface area contributed by atoms with Gasteiger partial charge in [-0.3, -0.25) is 0 Å². The maximum absolute atomic E-state index is 10.7. The first-order valence-corrected chi connectivity index (χ1v) is 6.33. The highest BCUT2D eigenvalue weighted by molar-refractivity contribution is 5.65. The molecule has 2 heterocycles. The summed E-state index contributed by atoms with van der Waals surface area (Å²) in [6.07, 6.45) is 1.50. The van der Waals surface area contributed by atoms with Crippen LogP contribution >= 0.6 is 0 Å². The molecule has 0 aliphatic carbocycles. The Bertz CT molecular complexity index is 452. The predicted octanol–water partition coefficient (Wildman–Crippen LogP) is 1.54. The van der Waals surface area contributed by atoms with Crippen LogP contribution in [0.4, 0.5) is 16.3 Å². The molecule has 1 saturated heterocycles. The second kappa shape index (κ2) is 4.95. The molecule has 6 nitrogen and oxygen atoms in total. The number of nitrogens with one attached hydrogen (secondary N) is 1. The fourth-order valence-corrected chi connectivity index (χ4v) is 2.53. The number of pyridine rings is 1. The molecule has 1 aliphatic heterocycles. The van der Waals surface area contributed by atoms with Crippen LogP contribution in [0, 0.1) is 5.92 Å². The number of rotatable bonds is 4. The second-order valence-corrected chi connectivity index (χ2v) is 5.74. The maximum atomic E-state index is 10.7. The molecule has 1 amide bonds. The van der Waals surface area contributed by atoms with Gasteiger partial charge in [0.1, 0.15) is 5.82 Å². The summed E-state index contributed by atoms with van der Waals surface area (Å²) in [6.45, 7) is 5.62. The van der Waals surface area contributed by atoms with Crippen molar-refractivity contribution >= 4 is 17.6 Å². The number of nitrogens with zero attached hydrogens (tertiary/aromatic N) is 2. The van der Waals surface area contributed by atoms with E-state index in [4.69, 9.17) is 10.8 Å². The summed E-state index contributed by atoms with van der Waals surface area (Å²) < 4.78 is 0. The van der Waals surface area contributed by atoms with Gasteiger partial charge in [-0.1, -0.05) is 0 Å². The fourth-order valence-electron chi connectivity index (χ4n) is 2.53. The number of aromatic nitrogens is 1. The molecular weight excluding hydrogens is 244 g/mol. The van der Waals surface area contributed by atoms with Gasteiger partial charge in [0.15, 0.2) is 0 Å². The molecule has 1 aromatic rings. The monoisotopic (exact) mass is 264 g/mol. The highest BCUT2D eigenvalue weighted by Gasteiger charge is 2.33. The van der Waals surface area contributed by atoms with Crippen molar-refractivity contribution < 1.29 is 9.90 Å². The van der Waals surface area contributed by atoms with Gasteiger partial charge in [0.25, 0.3) is 0 Å². The molecule has 0 unspecified atom stereocenters. The second-order valence-electron chi connectivity index (χ2n) is 5.74. The Labute approximate surface area is 112 Å². The van der Waals surface area contributed by atoms with Crippen LogP contribution in [0.2, 0.25) is 0 Å². The van der Waals surface area contributed by atoms with Crippen molar-refractivity contribution in [1.82, 2.24) is 10.3 Å². The molecule has 1 aromatic heterocycles. The molecule has 2 rings (SSSR count). The van der Waals surface area contributed by atoms with Crippen molar-refractivity contribution in [1.29, 1.82) is 0 Å². The SMILES string of the molecule is CC(C)(CC1CN(c2ccc(N)cn2)C1)NC(=O)O. The van der Waals surface area contributed by atoms with Crippen molar-refractivity contribution in [3.05, 3.63) is 18.3 Å². The lowest BCUT2D eigenvalue weighted by molar-refractivity contribution is 0.173. The molecule has 1 aliphatic rings. The van der Waals surface area contributed by atoms with Gasteiger partial charge < -0.3 is 21.1 Å². The zero-order valence-electron chi connectivity index (χ0n) is 11.3. The van der Waals surface area contributed by atoms with Crippen LogP contribution in [0.15, 0.2) is 18.3 Å². The summed E-state index contributed by atoms with van der Waals surface area (Å²) in [6, 6.07) is 3.75. The first kappa shape index (κ1) is 13.5. The van der Waals surface area contributed by atoms with Gasteiger partial charge >= 0.3 is 6.09 Å². The Kier molecular flexibility index (Phi) is 3.50. The highest BCUT2D eigenvalue weighted by atomic mass is 16.4. The van der Waals surface area contributed by atoms with Gasteiger partial charge in [0, 0.05) is 18.6 Å². The summed E-state index contributed by atoms with van der Waals surface area (Å²) in [5.41, 5.74) is 5.87. The van der Waals surface area contributed by atoms with Crippen LogP contribution in [0.25, 0.3) is 0 Å². The highest BCUT2D eigenvalue weighted by Crippen LogP contribution is 2.28. The topological polar surface area (TPSA) is 91.5 Å². The first-order chi connectivity index (χ1) is 8.85. The number of amides is 1. The van der Waals surface area contributed by atoms with Gasteiger partial charge in [-0.15, -0.1) is 0 Å². The molecule has 19 heavy (non-hydrogen) atoms. The van der Waals surface area contributed by atoms with E-state index in [9.17, 15) is 4.79 Å². The fraction of sp³-hybridized carbons (Fsp3) is 0.538. The lowest BCUT2D eigenvalue weighted by Crippen LogP contribution is -2.53. The van der Waals surface area contributed by atoms with Crippen LogP contribution < -0.4 is 16.0 Å². The summed E-state index contributed by atoms with van der Waals surface area (Å²) in [5, 5.41) is 11.3. The summed E-state index contributed by atoms with van der Waals surface area (Å²) in [4.78, 5) is 17.1. The molecule has 0 bridgehead atoms. The van der Waals surface area contributed by atoms with Gasteiger partial charge in [-0.25, -0.2) is 9.78 Å². The van der Waals surface area contributed by atoms with Crippen molar-refractivity contribution in [2.75, 3.05) is 23.7 Å². The van der Waals surface area contributed by atoms with Crippen LogP contribution in [0.5, 0.6) is 0 Å². The summed E-state index contributed by atoms with van der Waals surface area (Å²) >= 11 is 0. The lowest BCUT2D eigenvalue weighted by Gasteiger charge is -2.43. The van der Waals surface area contributed by atoms with Gasteiger partial charge in [-0.2, -0.15) is 0 Å². The van der Waals surface area contributed by atoms with Crippen LogP contribution in [0.3, 0.4) is 0 Å². The van der Waals surface area contributed by atoms with E-state index in [1.807, 2.05) is 26.0 Å². The van der Waals surface area contributed by atoms with E-state index >= 15 is 0 Å². The van der Waals surface area contributed by atoms with Crippen LogP contribution in [-0.2, 0) is 0 Å². The molecule has 1 fully saturated rings. The predicted molar refractivity (Wildman–Crippen MR) is 74.2 cm³/mol. The van der Waals surface area contributed by atoms with Gasteiger partial charge in [0.2, 0.25) is 0 Å². The quantitative estimate of drug-likeness (QED) is 0.767. The normalized spacial score (nSPS) is 16.0. The molecule has 4 N–H and O–H groups in total. The van der Waals surface area contributed by atoms with E-state index in [-0.39, 0.29) is 0 Å². The van der Waals surface area contributed by atoms with E-state index in [1.165, 1.54) is 0 Å². The first-order valence-electron chi connectivity index (χ1n) is 6.33. The van der Waals surface area contributed by atoms with Crippen molar-refractivity contribution in [2.24, 2.45) is 5.92 Å². The third-order valence-corrected chi connectivity index (χ3v) is 3.30. The van der Waals surface area contributed by atoms with E-state index < -0.39 is 11.6 Å². The lowest BCUT2D eigenvalue weighted by atomic mass is 9.85. The largest absolute Gasteiger partial charge is 0.465 e. The Balaban J connectivity index is 1.83. The zero-order chi connectivity index (χ0) is 14.0. The minimum Gasteiger partial charge on any atom is -0.465 e. The summed E-state index contributed by atoms with van der Waals surface area (Å²) in [7, 11) is 0. The Morgan fingerprint density at radius 3 is 2.79 bits per heavy atom. The number of nitrogens with two attached hydrogens (primary N) is 1. The zero-order valence-corrected chi connectivity index (χ0v) is 11.3. The number of nitrogen functional groups attached to an aromatic ring is 1. The average Bonchev–Trinajstić information content (AvgIpc) is 2.22. The Hall–Kier alpha value is -1.98. The summed E-state index contributed by atoms with van der Waals surface area (Å²) in [5.74, 6) is 1.41. The van der Waals surface area contributed by atoms with Crippen molar-refractivity contribution in [3.63, 3.8) is 0 Å². The van der Waals surface area contributed by atoms with E-state index in [0.29, 0.717) is 11.6 Å². The van der Waals surface area contributed by atoms with E-state index in [0.717, 1.165) is 25.3 Å². The van der Waals surface area contributed by atoms with Crippen molar-refractivity contribution in [3.8, 4) is 0 Å².